The molecule has 20 heavy (non-hydrogen) atoms. The minimum Gasteiger partial charge on any atom is -0.313 e. The molecule has 2 aromatic rings. The molecule has 2 rings (SSSR count). The van der Waals surface area contributed by atoms with Crippen molar-refractivity contribution in [3.63, 3.8) is 0 Å². The Kier molecular flexibility index (Phi) is 4.61. The number of benzene rings is 1. The number of hydrogen-bond donors (Lipinski definition) is 1. The summed E-state index contributed by atoms with van der Waals surface area (Å²) in [5.74, 6) is 0. The molecule has 1 unspecified atom stereocenters. The van der Waals surface area contributed by atoms with Crippen LogP contribution in [0.2, 0.25) is 0 Å². The maximum atomic E-state index is 4.65. The van der Waals surface area contributed by atoms with Gasteiger partial charge in [0.1, 0.15) is 0 Å². The first kappa shape index (κ1) is 14.8. The molecule has 108 valence electrons. The predicted molar refractivity (Wildman–Crippen MR) is 84.0 cm³/mol. The summed E-state index contributed by atoms with van der Waals surface area (Å²) in [4.78, 5) is 0. The fraction of sp³-hybridized carbons (Fsp3) is 0.471. The summed E-state index contributed by atoms with van der Waals surface area (Å²) in [6.07, 6.45) is 2.98. The number of aryl methyl sites for hydroxylation is 2. The molecule has 0 saturated carbocycles. The van der Waals surface area contributed by atoms with Crippen LogP contribution in [0.5, 0.6) is 0 Å². The van der Waals surface area contributed by atoms with Crippen molar-refractivity contribution in [1.29, 1.82) is 0 Å². The van der Waals surface area contributed by atoms with Gasteiger partial charge in [-0.2, -0.15) is 5.10 Å². The molecule has 3 heteroatoms. The van der Waals surface area contributed by atoms with Crippen LogP contribution >= 0.6 is 0 Å². The molecule has 0 spiro atoms. The summed E-state index contributed by atoms with van der Waals surface area (Å²) in [6, 6.07) is 9.49. The minimum atomic E-state index is 0.311. The van der Waals surface area contributed by atoms with Crippen molar-refractivity contribution in [3.8, 4) is 0 Å². The first-order valence-corrected chi connectivity index (χ1v) is 7.29. The largest absolute Gasteiger partial charge is 0.313 e. The third kappa shape index (κ3) is 3.28. The van der Waals surface area contributed by atoms with E-state index in [-0.39, 0.29) is 0 Å². The Labute approximate surface area is 122 Å². The van der Waals surface area contributed by atoms with Crippen molar-refractivity contribution in [1.82, 2.24) is 15.1 Å². The molecule has 0 radical (unpaired) electrons. The second kappa shape index (κ2) is 6.23. The highest BCUT2D eigenvalue weighted by Crippen LogP contribution is 2.22. The molecular weight excluding hydrogens is 246 g/mol. The molecule has 0 aliphatic heterocycles. The Morgan fingerprint density at radius 2 is 1.95 bits per heavy atom. The number of nitrogens with zero attached hydrogens (tertiary/aromatic N) is 2. The van der Waals surface area contributed by atoms with E-state index in [2.05, 4.69) is 68.6 Å². The first-order valence-electron chi connectivity index (χ1n) is 7.29. The van der Waals surface area contributed by atoms with E-state index < -0.39 is 0 Å². The molecule has 1 N–H and O–H groups in total. The maximum absolute atomic E-state index is 4.65. The molecular formula is C17H25N3. The van der Waals surface area contributed by atoms with Gasteiger partial charge in [0.05, 0.1) is 5.69 Å². The smallest absolute Gasteiger partial charge is 0.0643 e. The van der Waals surface area contributed by atoms with E-state index in [0.29, 0.717) is 12.1 Å². The predicted octanol–water partition coefficient (Wildman–Crippen LogP) is 3.58. The summed E-state index contributed by atoms with van der Waals surface area (Å²) in [6.45, 7) is 8.61. The quantitative estimate of drug-likeness (QED) is 0.900. The van der Waals surface area contributed by atoms with Crippen LogP contribution in [-0.2, 0) is 6.42 Å². The van der Waals surface area contributed by atoms with E-state index in [0.717, 1.165) is 12.1 Å². The molecule has 3 nitrogen and oxygen atoms in total. The standard InChI is InChI=1S/C17H25N3/c1-12(2)20-9-8-15(19-20)11-17(18-5)16-7-6-13(3)10-14(16)4/h6-10,12,17-18H,11H2,1-5H3. The number of likely N-dealkylation sites (N-methyl/N-ethyl adjacent to an activating group) is 1. The zero-order valence-electron chi connectivity index (χ0n) is 13.1. The fourth-order valence-corrected chi connectivity index (χ4v) is 2.57. The van der Waals surface area contributed by atoms with Crippen molar-refractivity contribution >= 4 is 0 Å². The van der Waals surface area contributed by atoms with Gasteiger partial charge < -0.3 is 5.32 Å². The zero-order valence-corrected chi connectivity index (χ0v) is 13.1. The van der Waals surface area contributed by atoms with Crippen molar-refractivity contribution in [3.05, 3.63) is 52.8 Å². The lowest BCUT2D eigenvalue weighted by atomic mass is 9.96. The third-order valence-corrected chi connectivity index (χ3v) is 3.76. The number of nitrogens with one attached hydrogen (secondary N) is 1. The molecule has 1 aromatic heterocycles. The Bertz CT molecular complexity index is 569. The van der Waals surface area contributed by atoms with Gasteiger partial charge >= 0.3 is 0 Å². The highest BCUT2D eigenvalue weighted by molar-refractivity contribution is 5.33. The second-order valence-corrected chi connectivity index (χ2v) is 5.79. The van der Waals surface area contributed by atoms with E-state index in [1.54, 1.807) is 0 Å². The van der Waals surface area contributed by atoms with Gasteiger partial charge in [0.25, 0.3) is 0 Å². The Morgan fingerprint density at radius 3 is 2.50 bits per heavy atom. The monoisotopic (exact) mass is 271 g/mol. The van der Waals surface area contributed by atoms with Gasteiger partial charge in [0, 0.05) is 24.7 Å². The van der Waals surface area contributed by atoms with Crippen molar-refractivity contribution < 1.29 is 0 Å². The number of rotatable bonds is 5. The van der Waals surface area contributed by atoms with Gasteiger partial charge in [0.2, 0.25) is 0 Å². The highest BCUT2D eigenvalue weighted by Gasteiger charge is 2.14. The van der Waals surface area contributed by atoms with Crippen LogP contribution < -0.4 is 5.32 Å². The van der Waals surface area contributed by atoms with Crippen LogP contribution in [0.15, 0.2) is 30.5 Å². The van der Waals surface area contributed by atoms with Crippen LogP contribution in [0.4, 0.5) is 0 Å². The van der Waals surface area contributed by atoms with Gasteiger partial charge in [-0.15, -0.1) is 0 Å². The van der Waals surface area contributed by atoms with Crippen molar-refractivity contribution in [2.75, 3.05) is 7.05 Å². The van der Waals surface area contributed by atoms with Gasteiger partial charge in [-0.05, 0) is 51.9 Å². The second-order valence-electron chi connectivity index (χ2n) is 5.79. The lowest BCUT2D eigenvalue weighted by molar-refractivity contribution is 0.514. The first-order chi connectivity index (χ1) is 9.51. The molecule has 1 aromatic carbocycles. The summed E-state index contributed by atoms with van der Waals surface area (Å²) < 4.78 is 2.02. The Morgan fingerprint density at radius 1 is 1.20 bits per heavy atom. The highest BCUT2D eigenvalue weighted by atomic mass is 15.3. The van der Waals surface area contributed by atoms with Crippen LogP contribution in [0.25, 0.3) is 0 Å². The Balaban J connectivity index is 2.19. The van der Waals surface area contributed by atoms with Gasteiger partial charge in [-0.3, -0.25) is 4.68 Å². The lowest BCUT2D eigenvalue weighted by Crippen LogP contribution is -2.20. The van der Waals surface area contributed by atoms with E-state index in [1.165, 1.54) is 16.7 Å². The molecule has 0 saturated heterocycles. The molecule has 0 bridgehead atoms. The number of hydrogen-bond acceptors (Lipinski definition) is 2. The molecule has 0 aliphatic carbocycles. The third-order valence-electron chi connectivity index (χ3n) is 3.76. The minimum absolute atomic E-state index is 0.311. The van der Waals surface area contributed by atoms with Gasteiger partial charge in [0.15, 0.2) is 0 Å². The van der Waals surface area contributed by atoms with Crippen LogP contribution in [0.1, 0.15) is 48.3 Å². The van der Waals surface area contributed by atoms with Crippen molar-refractivity contribution in [2.24, 2.45) is 0 Å². The van der Waals surface area contributed by atoms with E-state index in [1.807, 2.05) is 11.7 Å². The molecule has 0 amide bonds. The normalized spacial score (nSPS) is 12.9. The lowest BCUT2D eigenvalue weighted by Gasteiger charge is -2.18. The van der Waals surface area contributed by atoms with Crippen LogP contribution in [0, 0.1) is 13.8 Å². The van der Waals surface area contributed by atoms with E-state index in [4.69, 9.17) is 0 Å². The van der Waals surface area contributed by atoms with Crippen LogP contribution in [0.3, 0.4) is 0 Å². The summed E-state index contributed by atoms with van der Waals surface area (Å²) >= 11 is 0. The summed E-state index contributed by atoms with van der Waals surface area (Å²) in [5.41, 5.74) is 5.15. The SMILES string of the molecule is CNC(Cc1ccn(C(C)C)n1)c1ccc(C)cc1C. The molecule has 0 aliphatic rings. The molecule has 1 atom stereocenters. The van der Waals surface area contributed by atoms with E-state index in [9.17, 15) is 0 Å². The molecule has 1 heterocycles. The summed E-state index contributed by atoms with van der Waals surface area (Å²) in [5, 5.41) is 8.06. The van der Waals surface area contributed by atoms with Crippen molar-refractivity contribution in [2.45, 2.75) is 46.2 Å². The van der Waals surface area contributed by atoms with Crippen LogP contribution in [-0.4, -0.2) is 16.8 Å². The average Bonchev–Trinajstić information content (AvgIpc) is 2.85. The number of aromatic nitrogens is 2. The topological polar surface area (TPSA) is 29.9 Å². The average molecular weight is 271 g/mol. The Hall–Kier alpha value is -1.61. The fourth-order valence-electron chi connectivity index (χ4n) is 2.57. The summed E-state index contributed by atoms with van der Waals surface area (Å²) in [7, 11) is 2.02. The maximum Gasteiger partial charge on any atom is 0.0643 e. The van der Waals surface area contributed by atoms with Gasteiger partial charge in [-0.1, -0.05) is 23.8 Å². The zero-order chi connectivity index (χ0) is 14.7. The molecule has 0 fully saturated rings. The van der Waals surface area contributed by atoms with E-state index >= 15 is 0 Å². The van der Waals surface area contributed by atoms with Gasteiger partial charge in [-0.25, -0.2) is 0 Å².